The number of hydrogen-bond donors (Lipinski definition) is 1. The van der Waals surface area contributed by atoms with Gasteiger partial charge in [-0.2, -0.15) is 0 Å². The molecule has 1 fully saturated rings. The molecule has 0 bridgehead atoms. The Kier molecular flexibility index (Phi) is 5.59. The van der Waals surface area contributed by atoms with Crippen molar-refractivity contribution in [3.05, 3.63) is 29.8 Å². The number of ether oxygens (including phenoxy) is 1. The van der Waals surface area contributed by atoms with Crippen LogP contribution < -0.4 is 10.2 Å². The molecule has 1 heterocycles. The molecule has 1 atom stereocenters. The number of morpholine rings is 1. The zero-order valence-corrected chi connectivity index (χ0v) is 13.1. The number of carbonyl (C=O) groups is 1. The maximum Gasteiger partial charge on any atom is 0.216 e. The number of nitrogens with one attached hydrogen (secondary N) is 1. The molecule has 0 saturated carbocycles. The lowest BCUT2D eigenvalue weighted by molar-refractivity contribution is -0.119. The van der Waals surface area contributed by atoms with Crippen LogP contribution in [0, 0.1) is 0 Å². The Morgan fingerprint density at radius 3 is 2.43 bits per heavy atom. The maximum absolute atomic E-state index is 11.2. The average Bonchev–Trinajstić information content (AvgIpc) is 2.49. The number of hydrogen-bond acceptors (Lipinski definition) is 4. The van der Waals surface area contributed by atoms with Crippen LogP contribution in [-0.4, -0.2) is 57.8 Å². The molecule has 1 N–H and O–H groups in total. The third kappa shape index (κ3) is 4.44. The lowest BCUT2D eigenvalue weighted by atomic mass is 10.0. The normalized spacial score (nSPS) is 17.3. The van der Waals surface area contributed by atoms with Gasteiger partial charge in [-0.1, -0.05) is 12.1 Å². The van der Waals surface area contributed by atoms with E-state index < -0.39 is 0 Å². The van der Waals surface area contributed by atoms with Crippen LogP contribution in [0.1, 0.15) is 18.5 Å². The molecule has 0 spiro atoms. The van der Waals surface area contributed by atoms with Gasteiger partial charge in [0.2, 0.25) is 5.91 Å². The highest BCUT2D eigenvalue weighted by Crippen LogP contribution is 2.23. The molecule has 1 aliphatic heterocycles. The number of rotatable bonds is 5. The SMILES string of the molecule is CC(=O)NC[C@@H](c1ccc(N(C)C)cc1)N1CCOCC1. The van der Waals surface area contributed by atoms with Crippen molar-refractivity contribution in [3.63, 3.8) is 0 Å². The minimum absolute atomic E-state index is 0.0122. The second kappa shape index (κ2) is 7.43. The molecule has 1 amide bonds. The van der Waals surface area contributed by atoms with Crippen LogP contribution in [-0.2, 0) is 9.53 Å². The first-order valence-electron chi connectivity index (χ1n) is 7.41. The van der Waals surface area contributed by atoms with Gasteiger partial charge in [-0.25, -0.2) is 0 Å². The third-order valence-electron chi connectivity index (χ3n) is 3.83. The summed E-state index contributed by atoms with van der Waals surface area (Å²) in [5.41, 5.74) is 2.41. The molecule has 21 heavy (non-hydrogen) atoms. The van der Waals surface area contributed by atoms with Crippen molar-refractivity contribution in [2.45, 2.75) is 13.0 Å². The Bertz CT molecular complexity index is 453. The van der Waals surface area contributed by atoms with E-state index in [-0.39, 0.29) is 11.9 Å². The maximum atomic E-state index is 11.2. The molecule has 1 aliphatic rings. The summed E-state index contributed by atoms with van der Waals surface area (Å²) in [6.07, 6.45) is 0. The molecule has 1 aromatic rings. The summed E-state index contributed by atoms with van der Waals surface area (Å²) in [5, 5.41) is 2.95. The van der Waals surface area contributed by atoms with E-state index in [0.29, 0.717) is 6.54 Å². The fraction of sp³-hybridized carbons (Fsp3) is 0.562. The Morgan fingerprint density at radius 1 is 1.29 bits per heavy atom. The zero-order chi connectivity index (χ0) is 15.2. The third-order valence-corrected chi connectivity index (χ3v) is 3.83. The van der Waals surface area contributed by atoms with E-state index >= 15 is 0 Å². The highest BCUT2D eigenvalue weighted by atomic mass is 16.5. The standard InChI is InChI=1S/C16H25N3O2/c1-13(20)17-12-16(19-8-10-21-11-9-19)14-4-6-15(7-5-14)18(2)3/h4-7,16H,8-12H2,1-3H3,(H,17,20)/t16-/m0/s1. The van der Waals surface area contributed by atoms with Gasteiger partial charge >= 0.3 is 0 Å². The van der Waals surface area contributed by atoms with E-state index in [4.69, 9.17) is 4.74 Å². The van der Waals surface area contributed by atoms with E-state index in [1.807, 2.05) is 14.1 Å². The number of nitrogens with zero attached hydrogens (tertiary/aromatic N) is 2. The second-order valence-corrected chi connectivity index (χ2v) is 5.59. The molecule has 5 nitrogen and oxygen atoms in total. The van der Waals surface area contributed by atoms with Crippen LogP contribution in [0.2, 0.25) is 0 Å². The summed E-state index contributed by atoms with van der Waals surface area (Å²) >= 11 is 0. The Balaban J connectivity index is 2.14. The first kappa shape index (κ1) is 15.8. The van der Waals surface area contributed by atoms with Gasteiger partial charge in [0, 0.05) is 46.3 Å². The van der Waals surface area contributed by atoms with Crippen molar-refractivity contribution in [2.75, 3.05) is 51.8 Å². The average molecular weight is 291 g/mol. The number of anilines is 1. The van der Waals surface area contributed by atoms with Crippen molar-refractivity contribution in [2.24, 2.45) is 0 Å². The molecule has 5 heteroatoms. The molecular formula is C16H25N3O2. The van der Waals surface area contributed by atoms with Crippen LogP contribution in [0.4, 0.5) is 5.69 Å². The molecule has 0 unspecified atom stereocenters. The van der Waals surface area contributed by atoms with E-state index in [2.05, 4.69) is 39.4 Å². The fourth-order valence-corrected chi connectivity index (χ4v) is 2.58. The topological polar surface area (TPSA) is 44.8 Å². The largest absolute Gasteiger partial charge is 0.379 e. The summed E-state index contributed by atoms with van der Waals surface area (Å²) in [6.45, 7) is 5.51. The molecule has 1 saturated heterocycles. The molecule has 1 aromatic carbocycles. The Morgan fingerprint density at radius 2 is 1.90 bits per heavy atom. The predicted molar refractivity (Wildman–Crippen MR) is 84.6 cm³/mol. The Hall–Kier alpha value is -1.59. The van der Waals surface area contributed by atoms with E-state index in [1.165, 1.54) is 11.3 Å². The van der Waals surface area contributed by atoms with Gasteiger partial charge in [-0.05, 0) is 17.7 Å². The number of carbonyl (C=O) groups excluding carboxylic acids is 1. The van der Waals surface area contributed by atoms with Crippen LogP contribution >= 0.6 is 0 Å². The van der Waals surface area contributed by atoms with Gasteiger partial charge in [0.1, 0.15) is 0 Å². The van der Waals surface area contributed by atoms with Crippen molar-refractivity contribution in [1.82, 2.24) is 10.2 Å². The van der Waals surface area contributed by atoms with Crippen molar-refractivity contribution in [3.8, 4) is 0 Å². The highest BCUT2D eigenvalue weighted by Gasteiger charge is 2.22. The van der Waals surface area contributed by atoms with Gasteiger partial charge in [-0.3, -0.25) is 9.69 Å². The predicted octanol–water partition coefficient (Wildman–Crippen LogP) is 1.26. The lowest BCUT2D eigenvalue weighted by Crippen LogP contribution is -2.43. The van der Waals surface area contributed by atoms with E-state index in [9.17, 15) is 4.79 Å². The molecule has 2 rings (SSSR count). The minimum Gasteiger partial charge on any atom is -0.379 e. The summed E-state index contributed by atoms with van der Waals surface area (Å²) in [5.74, 6) is 0.0122. The quantitative estimate of drug-likeness (QED) is 0.887. The molecule has 0 radical (unpaired) electrons. The fourth-order valence-electron chi connectivity index (χ4n) is 2.58. The van der Waals surface area contributed by atoms with Gasteiger partial charge in [0.25, 0.3) is 0 Å². The van der Waals surface area contributed by atoms with Crippen molar-refractivity contribution in [1.29, 1.82) is 0 Å². The smallest absolute Gasteiger partial charge is 0.216 e. The minimum atomic E-state index is 0.0122. The van der Waals surface area contributed by atoms with E-state index in [1.54, 1.807) is 6.92 Å². The molecule has 0 aliphatic carbocycles. The summed E-state index contributed by atoms with van der Waals surface area (Å²) in [6, 6.07) is 8.75. The van der Waals surface area contributed by atoms with Crippen LogP contribution in [0.5, 0.6) is 0 Å². The van der Waals surface area contributed by atoms with Crippen molar-refractivity contribution < 1.29 is 9.53 Å². The van der Waals surface area contributed by atoms with Crippen LogP contribution in [0.15, 0.2) is 24.3 Å². The van der Waals surface area contributed by atoms with Gasteiger partial charge in [0.15, 0.2) is 0 Å². The molecule has 116 valence electrons. The second-order valence-electron chi connectivity index (χ2n) is 5.59. The zero-order valence-electron chi connectivity index (χ0n) is 13.1. The van der Waals surface area contributed by atoms with Gasteiger partial charge in [0.05, 0.1) is 19.3 Å². The van der Waals surface area contributed by atoms with Gasteiger partial charge < -0.3 is 15.0 Å². The first-order chi connectivity index (χ1) is 10.1. The summed E-state index contributed by atoms with van der Waals surface area (Å²) in [7, 11) is 4.07. The van der Waals surface area contributed by atoms with Crippen molar-refractivity contribution >= 4 is 11.6 Å². The Labute approximate surface area is 126 Å². The first-order valence-corrected chi connectivity index (χ1v) is 7.41. The van der Waals surface area contributed by atoms with Crippen LogP contribution in [0.25, 0.3) is 0 Å². The summed E-state index contributed by atoms with van der Waals surface area (Å²) in [4.78, 5) is 15.7. The molecule has 0 aromatic heterocycles. The monoisotopic (exact) mass is 291 g/mol. The van der Waals surface area contributed by atoms with Gasteiger partial charge in [-0.15, -0.1) is 0 Å². The lowest BCUT2D eigenvalue weighted by Gasteiger charge is -2.35. The number of amides is 1. The highest BCUT2D eigenvalue weighted by molar-refractivity contribution is 5.72. The van der Waals surface area contributed by atoms with E-state index in [0.717, 1.165) is 26.3 Å². The molecular weight excluding hydrogens is 266 g/mol. The van der Waals surface area contributed by atoms with Crippen LogP contribution in [0.3, 0.4) is 0 Å². The number of benzene rings is 1. The summed E-state index contributed by atoms with van der Waals surface area (Å²) < 4.78 is 5.43.